The molecular formula is C68H125NO3. The van der Waals surface area contributed by atoms with Gasteiger partial charge in [0.1, 0.15) is 0 Å². The maximum atomic E-state index is 12.5. The van der Waals surface area contributed by atoms with Crippen LogP contribution in [0.15, 0.2) is 72.9 Å². The fraction of sp³-hybridized carbons (Fsp3) is 0.809. The number of carbonyl (C=O) groups excluding carboxylic acids is 1. The summed E-state index contributed by atoms with van der Waals surface area (Å²) in [6, 6.07) is -0.629. The van der Waals surface area contributed by atoms with Crippen molar-refractivity contribution in [1.82, 2.24) is 5.32 Å². The van der Waals surface area contributed by atoms with E-state index < -0.39 is 12.1 Å². The highest BCUT2D eigenvalue weighted by atomic mass is 16.3. The van der Waals surface area contributed by atoms with Crippen molar-refractivity contribution in [2.24, 2.45) is 0 Å². The van der Waals surface area contributed by atoms with Crippen LogP contribution in [0.2, 0.25) is 0 Å². The van der Waals surface area contributed by atoms with Gasteiger partial charge in [-0.05, 0) is 64.2 Å². The second-order valence-corrected chi connectivity index (χ2v) is 21.8. The Balaban J connectivity index is 3.47. The van der Waals surface area contributed by atoms with Crippen LogP contribution in [0.25, 0.3) is 0 Å². The number of amides is 1. The number of hydrogen-bond acceptors (Lipinski definition) is 3. The van der Waals surface area contributed by atoms with Gasteiger partial charge in [-0.25, -0.2) is 0 Å². The van der Waals surface area contributed by atoms with Crippen molar-refractivity contribution in [3.05, 3.63) is 72.9 Å². The molecule has 420 valence electrons. The van der Waals surface area contributed by atoms with Crippen LogP contribution < -0.4 is 5.32 Å². The minimum Gasteiger partial charge on any atom is -0.394 e. The van der Waals surface area contributed by atoms with Crippen LogP contribution >= 0.6 is 0 Å². The molecule has 0 aromatic carbocycles. The van der Waals surface area contributed by atoms with Gasteiger partial charge in [0, 0.05) is 6.42 Å². The highest BCUT2D eigenvalue weighted by Crippen LogP contribution is 2.18. The summed E-state index contributed by atoms with van der Waals surface area (Å²) < 4.78 is 0. The Labute approximate surface area is 450 Å². The third kappa shape index (κ3) is 58.7. The van der Waals surface area contributed by atoms with Gasteiger partial charge in [0.25, 0.3) is 0 Å². The molecule has 0 aliphatic rings. The van der Waals surface area contributed by atoms with Crippen LogP contribution in [0.5, 0.6) is 0 Å². The Morgan fingerprint density at radius 3 is 0.917 bits per heavy atom. The number of rotatable bonds is 59. The zero-order chi connectivity index (χ0) is 52.0. The molecule has 2 unspecified atom stereocenters. The number of unbranched alkanes of at least 4 members (excludes halogenated alkanes) is 42. The van der Waals surface area contributed by atoms with Crippen molar-refractivity contribution in [2.45, 2.75) is 347 Å². The van der Waals surface area contributed by atoms with Crippen LogP contribution in [-0.2, 0) is 4.79 Å². The van der Waals surface area contributed by atoms with E-state index in [1.807, 2.05) is 6.08 Å². The predicted octanol–water partition coefficient (Wildman–Crippen LogP) is 21.7. The van der Waals surface area contributed by atoms with E-state index in [2.05, 4.69) is 79.9 Å². The summed E-state index contributed by atoms with van der Waals surface area (Å²) in [6.07, 6.45) is 91.0. The number of aliphatic hydroxyl groups excluding tert-OH is 2. The molecule has 1 amide bonds. The van der Waals surface area contributed by atoms with E-state index in [1.54, 1.807) is 6.08 Å². The van der Waals surface area contributed by atoms with Crippen LogP contribution in [0.3, 0.4) is 0 Å². The van der Waals surface area contributed by atoms with Crippen LogP contribution in [-0.4, -0.2) is 34.9 Å². The normalized spacial score (nSPS) is 13.2. The molecule has 3 N–H and O–H groups in total. The van der Waals surface area contributed by atoms with E-state index in [0.717, 1.165) is 57.8 Å². The molecule has 0 aromatic heterocycles. The van der Waals surface area contributed by atoms with Gasteiger partial charge >= 0.3 is 0 Å². The summed E-state index contributed by atoms with van der Waals surface area (Å²) >= 11 is 0. The van der Waals surface area contributed by atoms with Gasteiger partial charge in [-0.1, -0.05) is 337 Å². The standard InChI is InChI=1S/C68H125NO3/c1-3-5-7-9-11-13-15-17-19-21-23-25-27-29-31-32-33-34-35-36-38-39-41-43-45-47-49-51-53-55-57-59-61-63-67(71)66(65-70)69-68(72)64-62-60-58-56-54-52-50-48-46-44-42-40-37-30-28-26-24-22-20-18-16-14-12-10-8-6-4-2/h6,8,12,14,18,20,24,26,30,37,61,63,66-67,70-71H,3-5,7,9-11,13,15-17,19,21-23,25,27-29,31-36,38-60,62,64-65H2,1-2H3,(H,69,72)/b8-6-,14-12-,20-18-,26-24-,37-30-,63-61+. The molecule has 0 bridgehead atoms. The molecule has 0 aliphatic carbocycles. The molecule has 0 rings (SSSR count). The first-order valence-electron chi connectivity index (χ1n) is 32.2. The van der Waals surface area contributed by atoms with Gasteiger partial charge in [-0.3, -0.25) is 4.79 Å². The lowest BCUT2D eigenvalue weighted by atomic mass is 10.0. The Morgan fingerprint density at radius 1 is 0.347 bits per heavy atom. The summed E-state index contributed by atoms with van der Waals surface area (Å²) in [5.41, 5.74) is 0. The third-order valence-corrected chi connectivity index (χ3v) is 14.7. The summed E-state index contributed by atoms with van der Waals surface area (Å²) in [5, 5.41) is 23.3. The van der Waals surface area contributed by atoms with E-state index in [0.29, 0.717) is 6.42 Å². The van der Waals surface area contributed by atoms with Gasteiger partial charge in [0.15, 0.2) is 0 Å². The molecule has 4 heteroatoms. The fourth-order valence-corrected chi connectivity index (χ4v) is 9.86. The third-order valence-electron chi connectivity index (χ3n) is 14.7. The first-order valence-corrected chi connectivity index (χ1v) is 32.2. The van der Waals surface area contributed by atoms with E-state index in [4.69, 9.17) is 0 Å². The second-order valence-electron chi connectivity index (χ2n) is 21.8. The molecule has 72 heavy (non-hydrogen) atoms. The summed E-state index contributed by atoms with van der Waals surface area (Å²) in [7, 11) is 0. The number of nitrogens with one attached hydrogen (secondary N) is 1. The zero-order valence-electron chi connectivity index (χ0n) is 48.4. The van der Waals surface area contributed by atoms with Gasteiger partial charge < -0.3 is 15.5 Å². The van der Waals surface area contributed by atoms with Crippen molar-refractivity contribution < 1.29 is 15.0 Å². The molecule has 0 aromatic rings. The number of hydrogen-bond donors (Lipinski definition) is 3. The molecule has 0 saturated heterocycles. The van der Waals surface area contributed by atoms with E-state index in [-0.39, 0.29) is 12.5 Å². The Kier molecular flexibility index (Phi) is 61.2. The highest BCUT2D eigenvalue weighted by Gasteiger charge is 2.18. The summed E-state index contributed by atoms with van der Waals surface area (Å²) in [6.45, 7) is 4.22. The van der Waals surface area contributed by atoms with Crippen molar-refractivity contribution in [1.29, 1.82) is 0 Å². The molecule has 4 nitrogen and oxygen atoms in total. The molecule has 0 aliphatic heterocycles. The average Bonchev–Trinajstić information content (AvgIpc) is 3.39. The van der Waals surface area contributed by atoms with E-state index in [9.17, 15) is 15.0 Å². The monoisotopic (exact) mass is 1000 g/mol. The quantitative estimate of drug-likeness (QED) is 0.0420. The first kappa shape index (κ1) is 69.8. The van der Waals surface area contributed by atoms with Crippen molar-refractivity contribution in [2.75, 3.05) is 6.61 Å². The molecule has 0 heterocycles. The molecular weight excluding hydrogens is 879 g/mol. The summed E-state index contributed by atoms with van der Waals surface area (Å²) in [5.74, 6) is -0.0657. The van der Waals surface area contributed by atoms with Gasteiger partial charge in [-0.15, -0.1) is 0 Å². The molecule has 2 atom stereocenters. The van der Waals surface area contributed by atoms with Crippen molar-refractivity contribution in [3.8, 4) is 0 Å². The first-order chi connectivity index (χ1) is 35.7. The lowest BCUT2D eigenvalue weighted by Crippen LogP contribution is -2.45. The zero-order valence-corrected chi connectivity index (χ0v) is 48.4. The molecule has 0 radical (unpaired) electrons. The number of allylic oxidation sites excluding steroid dienone is 11. The SMILES string of the molecule is CC/C=C\C/C=C\C/C=C\C/C=C\C/C=C\CCCCCCCCCCCCCC(=O)NC(CO)C(O)/C=C/CCCCCCCCCCCCCCCCCCCCCCCCCCCCCCCCC. The van der Waals surface area contributed by atoms with Crippen LogP contribution in [0.1, 0.15) is 335 Å². The summed E-state index contributed by atoms with van der Waals surface area (Å²) in [4.78, 5) is 12.5. The number of carbonyl (C=O) groups is 1. The van der Waals surface area contributed by atoms with Gasteiger partial charge in [-0.2, -0.15) is 0 Å². The molecule has 0 fully saturated rings. The minimum atomic E-state index is -0.846. The Hall–Kier alpha value is -2.17. The second kappa shape index (κ2) is 63.1. The maximum absolute atomic E-state index is 12.5. The van der Waals surface area contributed by atoms with Crippen molar-refractivity contribution >= 4 is 5.91 Å². The lowest BCUT2D eigenvalue weighted by molar-refractivity contribution is -0.123. The smallest absolute Gasteiger partial charge is 0.220 e. The maximum Gasteiger partial charge on any atom is 0.220 e. The minimum absolute atomic E-state index is 0.0657. The van der Waals surface area contributed by atoms with E-state index >= 15 is 0 Å². The average molecular weight is 1000 g/mol. The van der Waals surface area contributed by atoms with Gasteiger partial charge in [0.05, 0.1) is 18.8 Å². The van der Waals surface area contributed by atoms with Crippen LogP contribution in [0.4, 0.5) is 0 Å². The lowest BCUT2D eigenvalue weighted by Gasteiger charge is -2.20. The molecule has 0 saturated carbocycles. The fourth-order valence-electron chi connectivity index (χ4n) is 9.86. The predicted molar refractivity (Wildman–Crippen MR) is 322 cm³/mol. The largest absolute Gasteiger partial charge is 0.394 e. The molecule has 0 spiro atoms. The Bertz CT molecular complexity index is 1230. The highest BCUT2D eigenvalue weighted by molar-refractivity contribution is 5.76. The topological polar surface area (TPSA) is 69.6 Å². The van der Waals surface area contributed by atoms with Crippen molar-refractivity contribution in [3.63, 3.8) is 0 Å². The van der Waals surface area contributed by atoms with Crippen LogP contribution in [0, 0.1) is 0 Å². The Morgan fingerprint density at radius 2 is 0.611 bits per heavy atom. The van der Waals surface area contributed by atoms with E-state index in [1.165, 1.54) is 257 Å². The number of aliphatic hydroxyl groups is 2. The van der Waals surface area contributed by atoms with Gasteiger partial charge in [0.2, 0.25) is 5.91 Å².